The number of nitrogens with zero attached hydrogens (tertiary/aromatic N) is 2. The molecule has 2 aromatic rings. The first kappa shape index (κ1) is 19.0. The van der Waals surface area contributed by atoms with Crippen molar-refractivity contribution in [1.29, 1.82) is 0 Å². The zero-order valence-electron chi connectivity index (χ0n) is 15.8. The van der Waals surface area contributed by atoms with Crippen LogP contribution in [0.25, 0.3) is 0 Å². The van der Waals surface area contributed by atoms with Crippen molar-refractivity contribution >= 4 is 12.0 Å². The van der Waals surface area contributed by atoms with Gasteiger partial charge in [-0.2, -0.15) is 0 Å². The standard InChI is InChI=1S/C22H26N2O3/c1-18-8-5-6-11-20(18)16-21(25)23-12-7-13-24(15-14-23)22(26)27-17-19-9-3-2-4-10-19/h2-6,8-11H,7,12-17H2,1H3. The van der Waals surface area contributed by atoms with Crippen molar-refractivity contribution in [3.63, 3.8) is 0 Å². The van der Waals surface area contributed by atoms with Crippen LogP contribution >= 0.6 is 0 Å². The van der Waals surface area contributed by atoms with Crippen LogP contribution in [0.3, 0.4) is 0 Å². The van der Waals surface area contributed by atoms with E-state index in [0.717, 1.165) is 23.1 Å². The Morgan fingerprint density at radius 3 is 2.33 bits per heavy atom. The van der Waals surface area contributed by atoms with E-state index < -0.39 is 0 Å². The summed E-state index contributed by atoms with van der Waals surface area (Å²) >= 11 is 0. The Morgan fingerprint density at radius 2 is 1.56 bits per heavy atom. The largest absolute Gasteiger partial charge is 0.445 e. The van der Waals surface area contributed by atoms with E-state index in [0.29, 0.717) is 32.6 Å². The van der Waals surface area contributed by atoms with Crippen molar-refractivity contribution in [3.05, 3.63) is 71.3 Å². The highest BCUT2D eigenvalue weighted by molar-refractivity contribution is 5.79. The van der Waals surface area contributed by atoms with Crippen LogP contribution in [0.4, 0.5) is 4.79 Å². The van der Waals surface area contributed by atoms with Gasteiger partial charge in [0.1, 0.15) is 6.61 Å². The Hall–Kier alpha value is -2.82. The third-order valence-electron chi connectivity index (χ3n) is 4.91. The molecular formula is C22H26N2O3. The lowest BCUT2D eigenvalue weighted by Gasteiger charge is -2.22. The predicted molar refractivity (Wildman–Crippen MR) is 104 cm³/mol. The second kappa shape index (κ2) is 9.21. The number of rotatable bonds is 4. The van der Waals surface area contributed by atoms with E-state index in [1.807, 2.05) is 66.4 Å². The van der Waals surface area contributed by atoms with E-state index in [-0.39, 0.29) is 18.6 Å². The number of amides is 2. The maximum Gasteiger partial charge on any atom is 0.410 e. The van der Waals surface area contributed by atoms with Crippen molar-refractivity contribution in [1.82, 2.24) is 9.80 Å². The SMILES string of the molecule is Cc1ccccc1CC(=O)N1CCCN(C(=O)OCc2ccccc2)CC1. The van der Waals surface area contributed by atoms with Gasteiger partial charge >= 0.3 is 6.09 Å². The molecule has 2 amide bonds. The molecule has 0 saturated carbocycles. The quantitative estimate of drug-likeness (QED) is 0.833. The van der Waals surface area contributed by atoms with Crippen LogP contribution in [-0.4, -0.2) is 48.0 Å². The third-order valence-corrected chi connectivity index (χ3v) is 4.91. The van der Waals surface area contributed by atoms with Crippen molar-refractivity contribution in [2.45, 2.75) is 26.4 Å². The van der Waals surface area contributed by atoms with Gasteiger partial charge in [0.2, 0.25) is 5.91 Å². The molecule has 1 aliphatic rings. The summed E-state index contributed by atoms with van der Waals surface area (Å²) in [5, 5.41) is 0. The van der Waals surface area contributed by atoms with Gasteiger partial charge in [-0.15, -0.1) is 0 Å². The van der Waals surface area contributed by atoms with Gasteiger partial charge in [-0.05, 0) is 30.0 Å². The maximum atomic E-state index is 12.7. The molecule has 1 aliphatic heterocycles. The van der Waals surface area contributed by atoms with Crippen molar-refractivity contribution in [2.75, 3.05) is 26.2 Å². The van der Waals surface area contributed by atoms with Crippen LogP contribution in [0.1, 0.15) is 23.1 Å². The highest BCUT2D eigenvalue weighted by Crippen LogP contribution is 2.12. The third kappa shape index (κ3) is 5.33. The van der Waals surface area contributed by atoms with Gasteiger partial charge in [0.15, 0.2) is 0 Å². The second-order valence-corrected chi connectivity index (χ2v) is 6.86. The van der Waals surface area contributed by atoms with E-state index in [9.17, 15) is 9.59 Å². The lowest BCUT2D eigenvalue weighted by molar-refractivity contribution is -0.130. The van der Waals surface area contributed by atoms with Crippen molar-refractivity contribution in [3.8, 4) is 0 Å². The van der Waals surface area contributed by atoms with E-state index in [1.54, 1.807) is 4.90 Å². The first-order chi connectivity index (χ1) is 13.1. The van der Waals surface area contributed by atoms with E-state index in [1.165, 1.54) is 0 Å². The minimum Gasteiger partial charge on any atom is -0.445 e. The van der Waals surface area contributed by atoms with Gasteiger partial charge in [-0.3, -0.25) is 4.79 Å². The van der Waals surface area contributed by atoms with Crippen molar-refractivity contribution in [2.24, 2.45) is 0 Å². The molecule has 0 N–H and O–H groups in total. The molecule has 0 unspecified atom stereocenters. The summed E-state index contributed by atoms with van der Waals surface area (Å²) in [6.07, 6.45) is 0.859. The van der Waals surface area contributed by atoms with Crippen LogP contribution in [0, 0.1) is 6.92 Å². The number of hydrogen-bond acceptors (Lipinski definition) is 3. The number of hydrogen-bond donors (Lipinski definition) is 0. The molecule has 0 aromatic heterocycles. The molecule has 5 nitrogen and oxygen atoms in total. The van der Waals surface area contributed by atoms with Crippen LogP contribution in [0.5, 0.6) is 0 Å². The van der Waals surface area contributed by atoms with Crippen molar-refractivity contribution < 1.29 is 14.3 Å². The molecule has 2 aromatic carbocycles. The smallest absolute Gasteiger partial charge is 0.410 e. The molecule has 1 fully saturated rings. The lowest BCUT2D eigenvalue weighted by Crippen LogP contribution is -2.38. The monoisotopic (exact) mass is 366 g/mol. The number of carbonyl (C=O) groups excluding carboxylic acids is 2. The van der Waals surface area contributed by atoms with E-state index in [4.69, 9.17) is 4.74 Å². The fourth-order valence-electron chi connectivity index (χ4n) is 3.24. The number of ether oxygens (including phenoxy) is 1. The normalized spacial score (nSPS) is 14.6. The summed E-state index contributed by atoms with van der Waals surface area (Å²) in [6, 6.07) is 17.6. The molecule has 0 radical (unpaired) electrons. The molecule has 0 bridgehead atoms. The molecule has 27 heavy (non-hydrogen) atoms. The highest BCUT2D eigenvalue weighted by Gasteiger charge is 2.23. The Balaban J connectivity index is 1.50. The summed E-state index contributed by atoms with van der Waals surface area (Å²) in [5.41, 5.74) is 3.16. The Bertz CT molecular complexity index is 776. The minimum absolute atomic E-state index is 0.115. The number of aryl methyl sites for hydroxylation is 1. The first-order valence-electron chi connectivity index (χ1n) is 9.41. The Morgan fingerprint density at radius 1 is 0.889 bits per heavy atom. The average molecular weight is 366 g/mol. The molecule has 1 saturated heterocycles. The van der Waals surface area contributed by atoms with Gasteiger partial charge in [0, 0.05) is 26.2 Å². The van der Waals surface area contributed by atoms with Gasteiger partial charge in [0.25, 0.3) is 0 Å². The zero-order valence-corrected chi connectivity index (χ0v) is 15.8. The fourth-order valence-corrected chi connectivity index (χ4v) is 3.24. The Kier molecular flexibility index (Phi) is 6.47. The minimum atomic E-state index is -0.313. The highest BCUT2D eigenvalue weighted by atomic mass is 16.6. The van der Waals surface area contributed by atoms with Crippen LogP contribution in [0.2, 0.25) is 0 Å². The number of carbonyl (C=O) groups is 2. The van der Waals surface area contributed by atoms with Gasteiger partial charge < -0.3 is 14.5 Å². The topological polar surface area (TPSA) is 49.9 Å². The molecular weight excluding hydrogens is 340 g/mol. The molecule has 0 atom stereocenters. The van der Waals surface area contributed by atoms with Gasteiger partial charge in [-0.25, -0.2) is 4.79 Å². The van der Waals surface area contributed by atoms with Crippen LogP contribution in [-0.2, 0) is 22.6 Å². The summed E-state index contributed by atoms with van der Waals surface area (Å²) in [5.74, 6) is 0.115. The summed E-state index contributed by atoms with van der Waals surface area (Å²) in [4.78, 5) is 28.5. The maximum absolute atomic E-state index is 12.7. The van der Waals surface area contributed by atoms with E-state index >= 15 is 0 Å². The van der Waals surface area contributed by atoms with Gasteiger partial charge in [-0.1, -0.05) is 54.6 Å². The number of benzene rings is 2. The van der Waals surface area contributed by atoms with Crippen LogP contribution in [0.15, 0.2) is 54.6 Å². The Labute approximate surface area is 160 Å². The molecule has 142 valence electrons. The predicted octanol–water partition coefficient (Wildman–Crippen LogP) is 3.41. The molecule has 3 rings (SSSR count). The fraction of sp³-hybridized carbons (Fsp3) is 0.364. The van der Waals surface area contributed by atoms with Gasteiger partial charge in [0.05, 0.1) is 6.42 Å². The summed E-state index contributed by atoms with van der Waals surface area (Å²) in [6.45, 7) is 4.63. The zero-order chi connectivity index (χ0) is 19.1. The average Bonchev–Trinajstić information content (AvgIpc) is 2.95. The van der Waals surface area contributed by atoms with E-state index in [2.05, 4.69) is 0 Å². The summed E-state index contributed by atoms with van der Waals surface area (Å²) < 4.78 is 5.41. The van der Waals surface area contributed by atoms with Crippen LogP contribution < -0.4 is 0 Å². The molecule has 1 heterocycles. The second-order valence-electron chi connectivity index (χ2n) is 6.86. The molecule has 0 spiro atoms. The lowest BCUT2D eigenvalue weighted by atomic mass is 10.1. The summed E-state index contributed by atoms with van der Waals surface area (Å²) in [7, 11) is 0. The molecule has 0 aliphatic carbocycles. The first-order valence-corrected chi connectivity index (χ1v) is 9.41. The molecule has 5 heteroatoms.